The molecule has 0 saturated heterocycles. The molecule has 7 heteroatoms. The molecule has 0 aliphatic carbocycles. The molecule has 5 rings (SSSR count). The summed E-state index contributed by atoms with van der Waals surface area (Å²) < 4.78 is 0. The second-order valence-corrected chi connectivity index (χ2v) is 6.58. The Hall–Kier alpha value is -3.51. The molecule has 3 aromatic heterocycles. The van der Waals surface area contributed by atoms with E-state index < -0.39 is 0 Å². The highest BCUT2D eigenvalue weighted by molar-refractivity contribution is 6.35. The SMILES string of the molecule is O=c1ccc2cc(-c3cc(Cl)c4nn[nH]c4c3)c(-c3ccccc3)nc2[nH]1. The average Bonchev–Trinajstić information content (AvgIpc) is 3.17. The number of aromatic amines is 2. The second kappa shape index (κ2) is 6.03. The normalized spacial score (nSPS) is 11.3. The quantitative estimate of drug-likeness (QED) is 0.486. The molecule has 6 nitrogen and oxygen atoms in total. The van der Waals surface area contributed by atoms with Gasteiger partial charge < -0.3 is 4.98 Å². The molecule has 0 radical (unpaired) electrons. The van der Waals surface area contributed by atoms with E-state index in [1.807, 2.05) is 48.5 Å². The van der Waals surface area contributed by atoms with Crippen molar-refractivity contribution in [2.75, 3.05) is 0 Å². The molecule has 0 saturated carbocycles. The maximum Gasteiger partial charge on any atom is 0.249 e. The van der Waals surface area contributed by atoms with E-state index in [-0.39, 0.29) is 5.56 Å². The predicted molar refractivity (Wildman–Crippen MR) is 106 cm³/mol. The summed E-state index contributed by atoms with van der Waals surface area (Å²) in [4.78, 5) is 19.3. The fraction of sp³-hybridized carbons (Fsp3) is 0. The zero-order chi connectivity index (χ0) is 18.4. The lowest BCUT2D eigenvalue weighted by Crippen LogP contribution is -2.04. The Morgan fingerprint density at radius 3 is 2.63 bits per heavy atom. The van der Waals surface area contributed by atoms with Crippen LogP contribution in [-0.4, -0.2) is 25.4 Å². The van der Waals surface area contributed by atoms with Gasteiger partial charge in [-0.15, -0.1) is 5.10 Å². The number of H-pyrrole nitrogens is 2. The Labute approximate surface area is 157 Å². The van der Waals surface area contributed by atoms with Crippen molar-refractivity contribution in [1.29, 1.82) is 0 Å². The summed E-state index contributed by atoms with van der Waals surface area (Å²) in [6, 6.07) is 18.9. The number of hydrogen-bond donors (Lipinski definition) is 2. The Morgan fingerprint density at radius 1 is 0.926 bits per heavy atom. The topological polar surface area (TPSA) is 87.3 Å². The van der Waals surface area contributed by atoms with Crippen LogP contribution < -0.4 is 5.56 Å². The minimum absolute atomic E-state index is 0.185. The number of halogens is 1. The van der Waals surface area contributed by atoms with Crippen molar-refractivity contribution in [2.45, 2.75) is 0 Å². The molecule has 0 amide bonds. The van der Waals surface area contributed by atoms with Crippen LogP contribution in [0.5, 0.6) is 0 Å². The molecular formula is C20H12ClN5O. The smallest absolute Gasteiger partial charge is 0.249 e. The molecule has 0 bridgehead atoms. The van der Waals surface area contributed by atoms with E-state index >= 15 is 0 Å². The molecule has 0 aliphatic rings. The van der Waals surface area contributed by atoms with Crippen molar-refractivity contribution in [3.05, 3.63) is 76.0 Å². The molecule has 0 spiro atoms. The van der Waals surface area contributed by atoms with Crippen LogP contribution >= 0.6 is 11.6 Å². The molecule has 2 N–H and O–H groups in total. The number of pyridine rings is 2. The van der Waals surface area contributed by atoms with Gasteiger partial charge in [-0.25, -0.2) is 4.98 Å². The minimum atomic E-state index is -0.185. The van der Waals surface area contributed by atoms with E-state index in [1.54, 1.807) is 6.07 Å². The molecule has 0 aliphatic heterocycles. The summed E-state index contributed by atoms with van der Waals surface area (Å²) in [5.74, 6) is 0. The first-order valence-corrected chi connectivity index (χ1v) is 8.67. The van der Waals surface area contributed by atoms with E-state index in [1.165, 1.54) is 6.07 Å². The van der Waals surface area contributed by atoms with Crippen LogP contribution in [0.3, 0.4) is 0 Å². The van der Waals surface area contributed by atoms with Crippen molar-refractivity contribution in [2.24, 2.45) is 0 Å². The molecule has 130 valence electrons. The zero-order valence-corrected chi connectivity index (χ0v) is 14.7. The second-order valence-electron chi connectivity index (χ2n) is 6.18. The summed E-state index contributed by atoms with van der Waals surface area (Å²) in [6.07, 6.45) is 0. The Balaban J connectivity index is 1.86. The van der Waals surface area contributed by atoms with E-state index in [0.717, 1.165) is 33.3 Å². The predicted octanol–water partition coefficient (Wildman–Crippen LogP) is 4.18. The van der Waals surface area contributed by atoms with Crippen LogP contribution in [-0.2, 0) is 0 Å². The fourth-order valence-corrected chi connectivity index (χ4v) is 3.44. The van der Waals surface area contributed by atoms with E-state index in [4.69, 9.17) is 16.6 Å². The summed E-state index contributed by atoms with van der Waals surface area (Å²) >= 11 is 6.40. The largest absolute Gasteiger partial charge is 0.307 e. The summed E-state index contributed by atoms with van der Waals surface area (Å²) in [5, 5.41) is 12.0. The summed E-state index contributed by atoms with van der Waals surface area (Å²) in [6.45, 7) is 0. The number of hydrogen-bond acceptors (Lipinski definition) is 4. The van der Waals surface area contributed by atoms with Crippen molar-refractivity contribution in [3.8, 4) is 22.4 Å². The fourth-order valence-electron chi connectivity index (χ4n) is 3.19. The van der Waals surface area contributed by atoms with E-state index in [0.29, 0.717) is 16.2 Å². The van der Waals surface area contributed by atoms with Gasteiger partial charge in [0.2, 0.25) is 5.56 Å². The van der Waals surface area contributed by atoms with Crippen molar-refractivity contribution in [1.82, 2.24) is 25.4 Å². The maximum atomic E-state index is 11.7. The van der Waals surface area contributed by atoms with E-state index in [2.05, 4.69) is 20.4 Å². The van der Waals surface area contributed by atoms with Gasteiger partial charge in [0.25, 0.3) is 0 Å². The van der Waals surface area contributed by atoms with Gasteiger partial charge in [0.1, 0.15) is 11.2 Å². The maximum absolute atomic E-state index is 11.7. The lowest BCUT2D eigenvalue weighted by Gasteiger charge is -2.12. The zero-order valence-electron chi connectivity index (χ0n) is 13.9. The number of nitrogens with one attached hydrogen (secondary N) is 2. The molecule has 0 unspecified atom stereocenters. The van der Waals surface area contributed by atoms with Crippen LogP contribution in [0.2, 0.25) is 5.02 Å². The van der Waals surface area contributed by atoms with E-state index in [9.17, 15) is 4.79 Å². The van der Waals surface area contributed by atoms with Crippen LogP contribution in [0.15, 0.2) is 65.5 Å². The Kier molecular flexibility index (Phi) is 3.51. The lowest BCUT2D eigenvalue weighted by atomic mass is 9.97. The highest BCUT2D eigenvalue weighted by atomic mass is 35.5. The number of aromatic nitrogens is 5. The highest BCUT2D eigenvalue weighted by Gasteiger charge is 2.14. The van der Waals surface area contributed by atoms with Crippen LogP contribution in [0, 0.1) is 0 Å². The first kappa shape index (κ1) is 15.7. The first-order chi connectivity index (χ1) is 13.2. The molecule has 0 atom stereocenters. The van der Waals surface area contributed by atoms with Gasteiger partial charge in [0, 0.05) is 22.6 Å². The van der Waals surface area contributed by atoms with Gasteiger partial charge in [0.15, 0.2) is 0 Å². The number of fused-ring (bicyclic) bond motifs is 2. The Morgan fingerprint density at radius 2 is 1.78 bits per heavy atom. The summed E-state index contributed by atoms with van der Waals surface area (Å²) in [7, 11) is 0. The van der Waals surface area contributed by atoms with Gasteiger partial charge >= 0.3 is 0 Å². The summed E-state index contributed by atoms with van der Waals surface area (Å²) in [5.41, 5.74) is 5.22. The van der Waals surface area contributed by atoms with Crippen molar-refractivity contribution >= 4 is 33.7 Å². The van der Waals surface area contributed by atoms with Crippen molar-refractivity contribution < 1.29 is 0 Å². The van der Waals surface area contributed by atoms with Gasteiger partial charge in [-0.1, -0.05) is 47.1 Å². The third kappa shape index (κ3) is 2.67. The molecule has 2 aromatic carbocycles. The third-order valence-electron chi connectivity index (χ3n) is 4.45. The first-order valence-electron chi connectivity index (χ1n) is 8.29. The van der Waals surface area contributed by atoms with Gasteiger partial charge in [-0.05, 0) is 29.8 Å². The lowest BCUT2D eigenvalue weighted by molar-refractivity contribution is 0.959. The molecule has 5 aromatic rings. The van der Waals surface area contributed by atoms with Gasteiger partial charge in [0.05, 0.1) is 16.2 Å². The highest BCUT2D eigenvalue weighted by Crippen LogP contribution is 2.35. The number of rotatable bonds is 2. The minimum Gasteiger partial charge on any atom is -0.307 e. The molecular weight excluding hydrogens is 362 g/mol. The van der Waals surface area contributed by atoms with Crippen molar-refractivity contribution in [3.63, 3.8) is 0 Å². The molecule has 0 fully saturated rings. The Bertz CT molecular complexity index is 1360. The standard InChI is InChI=1S/C20H12ClN5O/c21-15-9-13(10-16-19(15)25-26-24-16)14-8-12-6-7-17(27)22-20(12)23-18(14)11-4-2-1-3-5-11/h1-10H,(H,22,23,27)(H,24,25,26). The molecule has 3 heterocycles. The average molecular weight is 374 g/mol. The monoisotopic (exact) mass is 373 g/mol. The number of benzene rings is 2. The third-order valence-corrected chi connectivity index (χ3v) is 4.74. The van der Waals surface area contributed by atoms with Crippen LogP contribution in [0.25, 0.3) is 44.5 Å². The number of nitrogens with zero attached hydrogens (tertiary/aromatic N) is 3. The van der Waals surface area contributed by atoms with Crippen LogP contribution in [0.4, 0.5) is 0 Å². The molecule has 27 heavy (non-hydrogen) atoms. The van der Waals surface area contributed by atoms with Crippen LogP contribution in [0.1, 0.15) is 0 Å². The van der Waals surface area contributed by atoms with Gasteiger partial charge in [-0.3, -0.25) is 9.89 Å². The van der Waals surface area contributed by atoms with Gasteiger partial charge in [-0.2, -0.15) is 0 Å².